The second-order valence-corrected chi connectivity index (χ2v) is 20.9. The van der Waals surface area contributed by atoms with Gasteiger partial charge in [0.1, 0.15) is 5.82 Å². The van der Waals surface area contributed by atoms with Crippen LogP contribution < -0.4 is 19.8 Å². The van der Waals surface area contributed by atoms with Crippen molar-refractivity contribution in [3.05, 3.63) is 143 Å². The number of anilines is 4. The molecule has 8 rings (SSSR count). The van der Waals surface area contributed by atoms with Crippen LogP contribution in [0.5, 0.6) is 0 Å². The number of benzene rings is 5. The number of likely N-dealkylation sites (tertiary alicyclic amines) is 1. The van der Waals surface area contributed by atoms with Crippen LogP contribution >= 0.6 is 23.4 Å². The average Bonchev–Trinajstić information content (AvgIpc) is 3.62. The summed E-state index contributed by atoms with van der Waals surface area (Å²) in [5.41, 5.74) is 6.05. The molecule has 16 heteroatoms. The number of nitrogens with one attached hydrogen (secondary N) is 2. The minimum atomic E-state index is -3.89. The number of halogens is 3. The molecule has 6 aromatic rings. The van der Waals surface area contributed by atoms with Gasteiger partial charge in [-0.05, 0) is 130 Å². The molecule has 2 aliphatic rings. The van der Waals surface area contributed by atoms with Crippen LogP contribution in [0.25, 0.3) is 22.4 Å². The lowest BCUT2D eigenvalue weighted by molar-refractivity contribution is -0.191. The predicted molar refractivity (Wildman–Crippen MR) is 269 cm³/mol. The van der Waals surface area contributed by atoms with E-state index >= 15 is 8.78 Å². The second kappa shape index (κ2) is 22.2. The monoisotopic (exact) mass is 982 g/mol. The third-order valence-corrected chi connectivity index (χ3v) is 15.6. The summed E-state index contributed by atoms with van der Waals surface area (Å²) < 4.78 is 63.9. The van der Waals surface area contributed by atoms with Crippen molar-refractivity contribution in [2.75, 3.05) is 71.4 Å². The molecule has 2 fully saturated rings. The highest BCUT2D eigenvalue weighted by Crippen LogP contribution is 2.40. The Balaban J connectivity index is 0.00000222. The van der Waals surface area contributed by atoms with Gasteiger partial charge in [0.25, 0.3) is 10.0 Å². The average molecular weight is 984 g/mol. The van der Waals surface area contributed by atoms with E-state index < -0.39 is 27.3 Å². The van der Waals surface area contributed by atoms with Gasteiger partial charge >= 0.3 is 6.15 Å². The number of hydrogen-bond acceptors (Lipinski definition) is 10. The van der Waals surface area contributed by atoms with E-state index in [0.717, 1.165) is 78.5 Å². The number of carbonyl (C=O) groups excluding carboxylic acids is 2. The van der Waals surface area contributed by atoms with Crippen molar-refractivity contribution in [3.63, 3.8) is 0 Å². The molecular formula is C52H57ClF2N6O5S2. The summed E-state index contributed by atoms with van der Waals surface area (Å²) >= 11 is 7.96. The Morgan fingerprint density at radius 3 is 2.12 bits per heavy atom. The summed E-state index contributed by atoms with van der Waals surface area (Å²) in [6, 6.07) is 34.7. The Hall–Kier alpha value is -5.67. The van der Waals surface area contributed by atoms with Gasteiger partial charge in [0.05, 0.1) is 21.9 Å². The van der Waals surface area contributed by atoms with Crippen molar-refractivity contribution in [2.45, 2.75) is 61.5 Å². The first-order valence-electron chi connectivity index (χ1n) is 22.6. The Morgan fingerprint density at radius 1 is 0.824 bits per heavy atom. The van der Waals surface area contributed by atoms with E-state index in [2.05, 4.69) is 32.0 Å². The van der Waals surface area contributed by atoms with Crippen LogP contribution in [0.1, 0.15) is 37.4 Å². The molecular weight excluding hydrogens is 926 g/mol. The minimum absolute atomic E-state index is 0.137. The Labute approximate surface area is 407 Å². The molecule has 0 saturated carbocycles. The Kier molecular flexibility index (Phi) is 16.4. The molecule has 11 nitrogen and oxygen atoms in total. The summed E-state index contributed by atoms with van der Waals surface area (Å²) in [5.74, 6) is -0.139. The fourth-order valence-corrected chi connectivity index (χ4v) is 11.0. The van der Waals surface area contributed by atoms with Gasteiger partial charge in [0, 0.05) is 115 Å². The van der Waals surface area contributed by atoms with Crippen LogP contribution in [0.15, 0.2) is 125 Å². The van der Waals surface area contributed by atoms with Gasteiger partial charge in [-0.1, -0.05) is 41.9 Å². The van der Waals surface area contributed by atoms with Crippen molar-refractivity contribution in [2.24, 2.45) is 7.05 Å². The molecule has 0 radical (unpaired) electrons. The lowest BCUT2D eigenvalue weighted by Crippen LogP contribution is -2.46. The summed E-state index contributed by atoms with van der Waals surface area (Å²) in [6.07, 6.45) is 2.69. The molecule has 0 spiro atoms. The summed E-state index contributed by atoms with van der Waals surface area (Å²) in [5, 5.41) is 14.7. The van der Waals surface area contributed by atoms with Gasteiger partial charge in [0.2, 0.25) is 0 Å². The first-order chi connectivity index (χ1) is 32.5. The zero-order valence-electron chi connectivity index (χ0n) is 38.6. The fourth-order valence-electron chi connectivity index (χ4n) is 8.75. The quantitative estimate of drug-likeness (QED) is 0.0856. The van der Waals surface area contributed by atoms with Crippen LogP contribution in [-0.2, 0) is 26.7 Å². The van der Waals surface area contributed by atoms with Crippen LogP contribution in [0, 0.1) is 25.5 Å². The minimum Gasteiger partial charge on any atom is -0.390 e. The number of thioether (sulfide) groups is 1. The standard InChI is InChI=1S/C51H57ClF2N6O3S2.CO2/c1-35-30-44(18-19-47(35)55-41(34-64-43-8-6-5-7-9-43)20-23-58-24-21-51(3,61)22-25-58)65(62,63)56-40-14-16-42(17-15-40)59-26-28-60(29-27-59)48-33-39(53)32-45(49(48)54)46-31-36(2)57(4)50(46)37-10-12-38(52)13-11-37;2-1-3/h5-19,30-33,41,55-56,61H,20-29,34H2,1-4H3;/t41-;/m1./s1. The van der Waals surface area contributed by atoms with Gasteiger partial charge in [-0.15, -0.1) is 11.8 Å². The molecule has 3 heterocycles. The molecule has 0 bridgehead atoms. The predicted octanol–water partition coefficient (Wildman–Crippen LogP) is 10.3. The number of aromatic nitrogens is 1. The molecule has 358 valence electrons. The highest BCUT2D eigenvalue weighted by atomic mass is 35.5. The summed E-state index contributed by atoms with van der Waals surface area (Å²) in [4.78, 5) is 24.1. The van der Waals surface area contributed by atoms with Gasteiger partial charge in [-0.2, -0.15) is 9.59 Å². The highest BCUT2D eigenvalue weighted by Gasteiger charge is 2.28. The molecule has 0 unspecified atom stereocenters. The normalized spacial score (nSPS) is 15.5. The number of aliphatic hydroxyl groups is 1. The summed E-state index contributed by atoms with van der Waals surface area (Å²) in [6.45, 7) is 10.5. The topological polar surface area (TPSA) is 127 Å². The molecule has 0 amide bonds. The zero-order chi connectivity index (χ0) is 48.6. The van der Waals surface area contributed by atoms with Gasteiger partial charge in [-0.25, -0.2) is 17.2 Å². The van der Waals surface area contributed by atoms with Crippen molar-refractivity contribution < 1.29 is 31.9 Å². The van der Waals surface area contributed by atoms with Crippen LogP contribution in [0.3, 0.4) is 0 Å². The van der Waals surface area contributed by atoms with E-state index in [1.165, 1.54) is 17.0 Å². The van der Waals surface area contributed by atoms with Gasteiger partial charge in [-0.3, -0.25) is 4.72 Å². The van der Waals surface area contributed by atoms with E-state index in [0.29, 0.717) is 42.5 Å². The molecule has 2 aliphatic heterocycles. The number of piperidine rings is 1. The van der Waals surface area contributed by atoms with E-state index in [1.807, 2.05) is 91.9 Å². The smallest absolute Gasteiger partial charge is 0.373 e. The molecule has 1 atom stereocenters. The maximum absolute atomic E-state index is 16.5. The lowest BCUT2D eigenvalue weighted by atomic mass is 9.94. The molecule has 0 aliphatic carbocycles. The lowest BCUT2D eigenvalue weighted by Gasteiger charge is -2.37. The van der Waals surface area contributed by atoms with E-state index in [4.69, 9.17) is 21.2 Å². The number of aryl methyl sites for hydroxylation is 2. The van der Waals surface area contributed by atoms with Crippen molar-refractivity contribution >= 4 is 62.3 Å². The summed E-state index contributed by atoms with van der Waals surface area (Å²) in [7, 11) is -1.98. The largest absolute Gasteiger partial charge is 0.390 e. The first kappa shape index (κ1) is 50.2. The van der Waals surface area contributed by atoms with Crippen molar-refractivity contribution in [3.8, 4) is 22.4 Å². The van der Waals surface area contributed by atoms with Crippen molar-refractivity contribution in [1.82, 2.24) is 9.47 Å². The molecule has 2 saturated heterocycles. The molecule has 68 heavy (non-hydrogen) atoms. The van der Waals surface area contributed by atoms with Crippen molar-refractivity contribution in [1.29, 1.82) is 0 Å². The Bertz CT molecular complexity index is 2810. The maximum Gasteiger partial charge on any atom is 0.373 e. The van der Waals surface area contributed by atoms with E-state index in [9.17, 15) is 13.5 Å². The van der Waals surface area contributed by atoms with E-state index in [-0.39, 0.29) is 28.3 Å². The number of rotatable bonds is 15. The number of piperazine rings is 1. The fraction of sp³-hybridized carbons (Fsp3) is 0.327. The third-order valence-electron chi connectivity index (χ3n) is 12.8. The van der Waals surface area contributed by atoms with Gasteiger partial charge in [0.15, 0.2) is 5.82 Å². The van der Waals surface area contributed by atoms with Crippen LogP contribution in [0.2, 0.25) is 5.02 Å². The number of sulfonamides is 1. The van der Waals surface area contributed by atoms with Crippen LogP contribution in [-0.4, -0.2) is 92.4 Å². The maximum atomic E-state index is 16.5. The SMILES string of the molecule is Cc1cc(S(=O)(=O)Nc2ccc(N3CCN(c4cc(F)cc(-c5cc(C)n(C)c5-c5ccc(Cl)cc5)c4F)CC3)cc2)ccc1N[C@H](CCN1CCC(C)(O)CC1)CSc1ccccc1.O=C=O. The molecule has 5 aromatic carbocycles. The molecule has 1 aromatic heterocycles. The van der Waals surface area contributed by atoms with Crippen LogP contribution in [0.4, 0.5) is 31.5 Å². The highest BCUT2D eigenvalue weighted by molar-refractivity contribution is 7.99. The second-order valence-electron chi connectivity index (χ2n) is 17.7. The zero-order valence-corrected chi connectivity index (χ0v) is 41.0. The van der Waals surface area contributed by atoms with E-state index in [1.54, 1.807) is 48.2 Å². The number of hydrogen-bond donors (Lipinski definition) is 3. The van der Waals surface area contributed by atoms with Gasteiger partial charge < -0.3 is 29.7 Å². The number of nitrogens with zero attached hydrogens (tertiary/aromatic N) is 4. The first-order valence-corrected chi connectivity index (χ1v) is 25.4. The molecule has 3 N–H and O–H groups in total. The third kappa shape index (κ3) is 12.5. The Morgan fingerprint density at radius 2 is 1.47 bits per heavy atom.